The molecule has 0 aliphatic rings. The van der Waals surface area contributed by atoms with E-state index >= 15 is 0 Å². The van der Waals surface area contributed by atoms with Crippen molar-refractivity contribution in [2.24, 2.45) is 19.1 Å². The van der Waals surface area contributed by atoms with E-state index in [0.717, 1.165) is 43.2 Å². The fraction of sp³-hybridized carbons (Fsp3) is 0.667. The molecule has 2 N–H and O–H groups in total. The van der Waals surface area contributed by atoms with Crippen LogP contribution < -0.4 is 10.6 Å². The first-order valence-corrected chi connectivity index (χ1v) is 10.4. The van der Waals surface area contributed by atoms with Crippen LogP contribution in [0.15, 0.2) is 4.99 Å². The highest BCUT2D eigenvalue weighted by atomic mass is 127. The molecule has 1 atom stereocenters. The molecule has 0 fully saturated rings. The summed E-state index contributed by atoms with van der Waals surface area (Å²) in [6.45, 7) is 14.3. The largest absolute Gasteiger partial charge is 0.357 e. The van der Waals surface area contributed by atoms with Crippen molar-refractivity contribution in [1.29, 1.82) is 0 Å². The number of aromatic nitrogens is 4. The SMILES string of the molecule is CCNC(=NCc1c(CC)nn(C)c1CC)NC(C)Cc1c(C)nn(C)c1C.I. The van der Waals surface area contributed by atoms with E-state index in [9.17, 15) is 0 Å². The van der Waals surface area contributed by atoms with E-state index in [0.29, 0.717) is 6.54 Å². The molecular weight excluding hydrogens is 477 g/mol. The van der Waals surface area contributed by atoms with Crippen LogP contribution in [0.5, 0.6) is 0 Å². The second-order valence-electron chi connectivity index (χ2n) is 7.42. The monoisotopic (exact) mass is 515 g/mol. The minimum absolute atomic E-state index is 0. The topological polar surface area (TPSA) is 72.1 Å². The first kappa shape index (κ1) is 25.5. The second kappa shape index (κ2) is 11.6. The maximum Gasteiger partial charge on any atom is 0.191 e. The van der Waals surface area contributed by atoms with Crippen molar-refractivity contribution in [2.45, 2.75) is 73.4 Å². The van der Waals surface area contributed by atoms with E-state index in [-0.39, 0.29) is 30.0 Å². The molecule has 2 rings (SSSR count). The molecule has 0 aliphatic carbocycles. The minimum Gasteiger partial charge on any atom is -0.357 e. The number of halogens is 1. The van der Waals surface area contributed by atoms with E-state index < -0.39 is 0 Å². The Labute approximate surface area is 192 Å². The van der Waals surface area contributed by atoms with Crippen LogP contribution in [0, 0.1) is 13.8 Å². The van der Waals surface area contributed by atoms with Gasteiger partial charge in [0.25, 0.3) is 0 Å². The maximum absolute atomic E-state index is 4.87. The standard InChI is InChI=1S/C21H37N7.HI/c1-9-19-18(20(10-2)28(8)26-19)13-23-21(22-11-3)24-14(4)12-17-15(5)25-27(7)16(17)6;/h14H,9-13H2,1-8H3,(H2,22,23,24);1H. The number of rotatable bonds is 8. The molecule has 0 amide bonds. The van der Waals surface area contributed by atoms with Gasteiger partial charge >= 0.3 is 0 Å². The van der Waals surface area contributed by atoms with Gasteiger partial charge in [-0.15, -0.1) is 24.0 Å². The first-order chi connectivity index (χ1) is 13.3. The summed E-state index contributed by atoms with van der Waals surface area (Å²) < 4.78 is 3.96. The van der Waals surface area contributed by atoms with Crippen molar-refractivity contribution in [2.75, 3.05) is 6.54 Å². The zero-order valence-electron chi connectivity index (χ0n) is 19.3. The molecule has 164 valence electrons. The van der Waals surface area contributed by atoms with Gasteiger partial charge in [0.05, 0.1) is 17.9 Å². The molecule has 8 heteroatoms. The van der Waals surface area contributed by atoms with E-state index in [1.807, 2.05) is 23.5 Å². The third kappa shape index (κ3) is 6.20. The van der Waals surface area contributed by atoms with Gasteiger partial charge in [0, 0.05) is 43.6 Å². The predicted molar refractivity (Wildman–Crippen MR) is 131 cm³/mol. The van der Waals surface area contributed by atoms with Crippen molar-refractivity contribution in [3.05, 3.63) is 33.9 Å². The second-order valence-corrected chi connectivity index (χ2v) is 7.42. The zero-order chi connectivity index (χ0) is 20.8. The van der Waals surface area contributed by atoms with Crippen LogP contribution in [0.25, 0.3) is 0 Å². The smallest absolute Gasteiger partial charge is 0.191 e. The molecular formula is C21H38IN7. The van der Waals surface area contributed by atoms with Crippen LogP contribution >= 0.6 is 24.0 Å². The summed E-state index contributed by atoms with van der Waals surface area (Å²) in [7, 11) is 4.02. The molecule has 0 aliphatic heterocycles. The van der Waals surface area contributed by atoms with Crippen LogP contribution in [-0.4, -0.2) is 38.1 Å². The van der Waals surface area contributed by atoms with Crippen LogP contribution in [0.1, 0.15) is 61.6 Å². The minimum atomic E-state index is 0. The number of aliphatic imine (C=N–C) groups is 1. The summed E-state index contributed by atoms with van der Waals surface area (Å²) in [5, 5.41) is 16.1. The van der Waals surface area contributed by atoms with Gasteiger partial charge < -0.3 is 10.6 Å². The van der Waals surface area contributed by atoms with Gasteiger partial charge in [-0.05, 0) is 52.5 Å². The number of aryl methyl sites for hydroxylation is 4. The third-order valence-corrected chi connectivity index (χ3v) is 5.32. The summed E-state index contributed by atoms with van der Waals surface area (Å²) in [6.07, 6.45) is 2.82. The Hall–Kier alpha value is -1.58. The lowest BCUT2D eigenvalue weighted by Crippen LogP contribution is -2.43. The Morgan fingerprint density at radius 3 is 2.24 bits per heavy atom. The molecule has 0 spiro atoms. The quantitative estimate of drug-likeness (QED) is 0.322. The van der Waals surface area contributed by atoms with Gasteiger partial charge in [-0.1, -0.05) is 13.8 Å². The van der Waals surface area contributed by atoms with Gasteiger partial charge in [-0.25, -0.2) is 4.99 Å². The lowest BCUT2D eigenvalue weighted by molar-refractivity contribution is 0.635. The lowest BCUT2D eigenvalue weighted by Gasteiger charge is -2.18. The van der Waals surface area contributed by atoms with Gasteiger partial charge in [-0.2, -0.15) is 10.2 Å². The molecule has 0 radical (unpaired) electrons. The van der Waals surface area contributed by atoms with Gasteiger partial charge in [0.1, 0.15) is 0 Å². The van der Waals surface area contributed by atoms with Crippen molar-refractivity contribution in [3.63, 3.8) is 0 Å². The molecule has 0 bridgehead atoms. The predicted octanol–water partition coefficient (Wildman–Crippen LogP) is 3.20. The Morgan fingerprint density at radius 2 is 1.72 bits per heavy atom. The molecule has 1 unspecified atom stereocenters. The van der Waals surface area contributed by atoms with Gasteiger partial charge in [0.15, 0.2) is 5.96 Å². The molecule has 7 nitrogen and oxygen atoms in total. The first-order valence-electron chi connectivity index (χ1n) is 10.4. The summed E-state index contributed by atoms with van der Waals surface area (Å²) >= 11 is 0. The average Bonchev–Trinajstić information content (AvgIpc) is 3.09. The summed E-state index contributed by atoms with van der Waals surface area (Å²) in [6, 6.07) is 0.254. The van der Waals surface area contributed by atoms with Crippen molar-refractivity contribution >= 4 is 29.9 Å². The van der Waals surface area contributed by atoms with Gasteiger partial charge in [0.2, 0.25) is 0 Å². The number of guanidine groups is 1. The Morgan fingerprint density at radius 1 is 1.03 bits per heavy atom. The highest BCUT2D eigenvalue weighted by Gasteiger charge is 2.16. The lowest BCUT2D eigenvalue weighted by atomic mass is 10.1. The van der Waals surface area contributed by atoms with Crippen LogP contribution in [0.3, 0.4) is 0 Å². The fourth-order valence-corrected chi connectivity index (χ4v) is 3.75. The van der Waals surface area contributed by atoms with Crippen molar-refractivity contribution < 1.29 is 0 Å². The highest BCUT2D eigenvalue weighted by molar-refractivity contribution is 14.0. The van der Waals surface area contributed by atoms with Crippen LogP contribution in [0.2, 0.25) is 0 Å². The molecule has 0 saturated carbocycles. The third-order valence-electron chi connectivity index (χ3n) is 5.32. The molecule has 0 aromatic carbocycles. The summed E-state index contributed by atoms with van der Waals surface area (Å²) in [4.78, 5) is 4.87. The van der Waals surface area contributed by atoms with E-state index in [4.69, 9.17) is 4.99 Å². The number of nitrogens with zero attached hydrogens (tertiary/aromatic N) is 5. The van der Waals surface area contributed by atoms with Gasteiger partial charge in [-0.3, -0.25) is 9.36 Å². The molecule has 2 aromatic rings. The van der Waals surface area contributed by atoms with Crippen LogP contribution in [0.4, 0.5) is 0 Å². The maximum atomic E-state index is 4.87. The van der Waals surface area contributed by atoms with Crippen molar-refractivity contribution in [3.8, 4) is 0 Å². The Bertz CT molecular complexity index is 820. The fourth-order valence-electron chi connectivity index (χ4n) is 3.75. The molecule has 2 aromatic heterocycles. The zero-order valence-corrected chi connectivity index (χ0v) is 21.6. The van der Waals surface area contributed by atoms with E-state index in [1.165, 1.54) is 22.5 Å². The van der Waals surface area contributed by atoms with E-state index in [2.05, 4.69) is 62.4 Å². The molecule has 2 heterocycles. The number of hydrogen-bond acceptors (Lipinski definition) is 3. The number of nitrogens with one attached hydrogen (secondary N) is 2. The highest BCUT2D eigenvalue weighted by Crippen LogP contribution is 2.17. The van der Waals surface area contributed by atoms with E-state index in [1.54, 1.807) is 0 Å². The molecule has 29 heavy (non-hydrogen) atoms. The number of hydrogen-bond donors (Lipinski definition) is 2. The normalized spacial score (nSPS) is 12.6. The van der Waals surface area contributed by atoms with Crippen LogP contribution in [-0.2, 0) is 39.9 Å². The van der Waals surface area contributed by atoms with Crippen molar-refractivity contribution in [1.82, 2.24) is 30.2 Å². The summed E-state index contributed by atoms with van der Waals surface area (Å²) in [5.74, 6) is 0.849. The Kier molecular flexibility index (Phi) is 10.2. The summed E-state index contributed by atoms with van der Waals surface area (Å²) in [5.41, 5.74) is 7.32. The Balaban J connectivity index is 0.00000420. The molecule has 0 saturated heterocycles. The average molecular weight is 515 g/mol.